The lowest BCUT2D eigenvalue weighted by Gasteiger charge is -2.39. The molecular weight excluding hydrogens is 452 g/mol. The number of ether oxygens (including phenoxy) is 1. The Hall–Kier alpha value is -2.98. The van der Waals surface area contributed by atoms with Crippen molar-refractivity contribution < 1.29 is 13.2 Å². The van der Waals surface area contributed by atoms with Gasteiger partial charge < -0.3 is 9.64 Å². The standard InChI is InChI=1S/C24H32N6O3S/c1-4-5-23(29-16-14-28(15-17-29)20-8-10-21(33-3)11-9-20)24-25-26-27-30(24)18-34(31,32)22-12-6-19(2)7-13-22/h6-13,23H,4-5,14-18H2,1-3H3/t23-/m1/s1. The van der Waals surface area contributed by atoms with E-state index >= 15 is 0 Å². The highest BCUT2D eigenvalue weighted by Gasteiger charge is 2.30. The zero-order valence-electron chi connectivity index (χ0n) is 20.0. The Morgan fingerprint density at radius 1 is 1.00 bits per heavy atom. The summed E-state index contributed by atoms with van der Waals surface area (Å²) in [6.07, 6.45) is 1.80. The minimum absolute atomic E-state index is 0.0359. The summed E-state index contributed by atoms with van der Waals surface area (Å²) in [4.78, 5) is 4.99. The predicted octanol–water partition coefficient (Wildman–Crippen LogP) is 3.08. The first-order valence-corrected chi connectivity index (χ1v) is 13.2. The molecule has 0 bridgehead atoms. The molecule has 0 spiro atoms. The number of hydrogen-bond acceptors (Lipinski definition) is 8. The SMILES string of the molecule is CCC[C@H](c1nnnn1CS(=O)(=O)c1ccc(C)cc1)N1CCN(c2ccc(OC)cc2)CC1. The topological polar surface area (TPSA) is 93.5 Å². The van der Waals surface area contributed by atoms with E-state index in [9.17, 15) is 8.42 Å². The Morgan fingerprint density at radius 3 is 2.29 bits per heavy atom. The van der Waals surface area contributed by atoms with E-state index in [-0.39, 0.29) is 16.8 Å². The number of methoxy groups -OCH3 is 1. The molecule has 0 unspecified atom stereocenters. The number of tetrazole rings is 1. The lowest BCUT2D eigenvalue weighted by atomic mass is 10.1. The van der Waals surface area contributed by atoms with Crippen LogP contribution in [0, 0.1) is 6.92 Å². The van der Waals surface area contributed by atoms with E-state index in [0.29, 0.717) is 5.82 Å². The van der Waals surface area contributed by atoms with Crippen LogP contribution in [0.4, 0.5) is 5.69 Å². The zero-order valence-corrected chi connectivity index (χ0v) is 20.8. The van der Waals surface area contributed by atoms with Crippen molar-refractivity contribution in [2.24, 2.45) is 0 Å². The van der Waals surface area contributed by atoms with E-state index in [4.69, 9.17) is 4.74 Å². The molecule has 1 aliphatic rings. The van der Waals surface area contributed by atoms with Gasteiger partial charge in [0.15, 0.2) is 21.5 Å². The third-order valence-electron chi connectivity index (χ3n) is 6.28. The Bertz CT molecular complexity index is 1170. The number of piperazine rings is 1. The molecule has 2 heterocycles. The van der Waals surface area contributed by atoms with Crippen molar-refractivity contribution in [3.63, 3.8) is 0 Å². The molecule has 34 heavy (non-hydrogen) atoms. The van der Waals surface area contributed by atoms with Crippen LogP contribution in [0.1, 0.15) is 37.2 Å². The molecule has 0 aliphatic carbocycles. The van der Waals surface area contributed by atoms with E-state index in [2.05, 4.69) is 44.4 Å². The Morgan fingerprint density at radius 2 is 1.68 bits per heavy atom. The highest BCUT2D eigenvalue weighted by atomic mass is 32.2. The number of hydrogen-bond donors (Lipinski definition) is 0. The second-order valence-corrected chi connectivity index (χ2v) is 10.6. The van der Waals surface area contributed by atoms with Crippen LogP contribution in [0.3, 0.4) is 0 Å². The molecule has 0 amide bonds. The van der Waals surface area contributed by atoms with Crippen LogP contribution >= 0.6 is 0 Å². The fourth-order valence-electron chi connectivity index (χ4n) is 4.36. The number of benzene rings is 2. The first-order valence-electron chi connectivity index (χ1n) is 11.6. The van der Waals surface area contributed by atoms with Crippen molar-refractivity contribution in [2.75, 3.05) is 38.2 Å². The number of nitrogens with zero attached hydrogens (tertiary/aromatic N) is 6. The van der Waals surface area contributed by atoms with Crippen molar-refractivity contribution in [1.82, 2.24) is 25.1 Å². The van der Waals surface area contributed by atoms with Gasteiger partial charge in [-0.15, -0.1) is 5.10 Å². The molecule has 0 N–H and O–H groups in total. The van der Waals surface area contributed by atoms with Gasteiger partial charge in [-0.05, 0) is 60.2 Å². The van der Waals surface area contributed by atoms with Gasteiger partial charge >= 0.3 is 0 Å². The van der Waals surface area contributed by atoms with Gasteiger partial charge in [0.05, 0.1) is 18.0 Å². The predicted molar refractivity (Wildman–Crippen MR) is 131 cm³/mol. The molecule has 182 valence electrons. The summed E-state index contributed by atoms with van der Waals surface area (Å²) in [6.45, 7) is 7.48. The van der Waals surface area contributed by atoms with Crippen molar-refractivity contribution >= 4 is 15.5 Å². The Labute approximate surface area is 201 Å². The maximum absolute atomic E-state index is 13.0. The quantitative estimate of drug-likeness (QED) is 0.457. The zero-order chi connectivity index (χ0) is 24.1. The average Bonchev–Trinajstić information content (AvgIpc) is 3.30. The summed E-state index contributed by atoms with van der Waals surface area (Å²) in [5.41, 5.74) is 2.18. The van der Waals surface area contributed by atoms with Crippen LogP contribution in [-0.4, -0.2) is 66.8 Å². The van der Waals surface area contributed by atoms with Crippen LogP contribution in [-0.2, 0) is 15.7 Å². The fourth-order valence-corrected chi connectivity index (χ4v) is 5.56. The first kappa shape index (κ1) is 24.2. The number of aryl methyl sites for hydroxylation is 1. The molecule has 0 saturated carbocycles. The van der Waals surface area contributed by atoms with E-state index in [0.717, 1.165) is 50.3 Å². The van der Waals surface area contributed by atoms with Gasteiger partial charge in [-0.25, -0.2) is 13.1 Å². The lowest BCUT2D eigenvalue weighted by molar-refractivity contribution is 0.165. The second kappa shape index (κ2) is 10.5. The maximum atomic E-state index is 13.0. The molecule has 4 rings (SSSR count). The smallest absolute Gasteiger partial charge is 0.198 e. The van der Waals surface area contributed by atoms with Gasteiger partial charge in [0.2, 0.25) is 0 Å². The van der Waals surface area contributed by atoms with Gasteiger partial charge in [-0.2, -0.15) is 0 Å². The molecule has 1 fully saturated rings. The third-order valence-corrected chi connectivity index (χ3v) is 7.86. The summed E-state index contributed by atoms with van der Waals surface area (Å²) in [7, 11) is -1.90. The molecule has 3 aromatic rings. The molecule has 1 aliphatic heterocycles. The summed E-state index contributed by atoms with van der Waals surface area (Å²) in [5.74, 6) is 1.18. The van der Waals surface area contributed by atoms with Crippen LogP contribution in [0.15, 0.2) is 53.4 Å². The van der Waals surface area contributed by atoms with Crippen molar-refractivity contribution in [3.05, 3.63) is 59.9 Å². The van der Waals surface area contributed by atoms with Crippen LogP contribution < -0.4 is 9.64 Å². The molecule has 9 nitrogen and oxygen atoms in total. The second-order valence-electron chi connectivity index (χ2n) is 8.62. The van der Waals surface area contributed by atoms with Gasteiger partial charge in [-0.1, -0.05) is 31.0 Å². The van der Waals surface area contributed by atoms with Gasteiger partial charge in [-0.3, -0.25) is 4.90 Å². The van der Waals surface area contributed by atoms with Crippen molar-refractivity contribution in [2.45, 2.75) is 43.5 Å². The largest absolute Gasteiger partial charge is 0.497 e. The van der Waals surface area contributed by atoms with Crippen molar-refractivity contribution in [1.29, 1.82) is 0 Å². The highest BCUT2D eigenvalue weighted by molar-refractivity contribution is 7.90. The first-order chi connectivity index (χ1) is 16.4. The molecule has 1 atom stereocenters. The van der Waals surface area contributed by atoms with E-state index in [1.165, 1.54) is 10.4 Å². The number of aromatic nitrogens is 4. The van der Waals surface area contributed by atoms with E-state index in [1.54, 1.807) is 31.4 Å². The summed E-state index contributed by atoms with van der Waals surface area (Å²) >= 11 is 0. The third kappa shape index (κ3) is 5.39. The fraction of sp³-hybridized carbons (Fsp3) is 0.458. The number of anilines is 1. The number of rotatable bonds is 9. The summed E-state index contributed by atoms with van der Waals surface area (Å²) < 4.78 is 32.8. The van der Waals surface area contributed by atoms with Crippen LogP contribution in [0.5, 0.6) is 5.75 Å². The van der Waals surface area contributed by atoms with Gasteiger partial charge in [0.25, 0.3) is 0 Å². The molecule has 2 aromatic carbocycles. The highest BCUT2D eigenvalue weighted by Crippen LogP contribution is 2.28. The maximum Gasteiger partial charge on any atom is 0.198 e. The van der Waals surface area contributed by atoms with Crippen molar-refractivity contribution in [3.8, 4) is 5.75 Å². The molecule has 1 saturated heterocycles. The number of sulfone groups is 1. The lowest BCUT2D eigenvalue weighted by Crippen LogP contribution is -2.48. The van der Waals surface area contributed by atoms with E-state index < -0.39 is 9.84 Å². The molecule has 10 heteroatoms. The average molecular weight is 485 g/mol. The Kier molecular flexibility index (Phi) is 7.47. The van der Waals surface area contributed by atoms with Gasteiger partial charge in [0.1, 0.15) is 5.75 Å². The van der Waals surface area contributed by atoms with E-state index in [1.807, 2.05) is 19.1 Å². The minimum atomic E-state index is -3.57. The monoisotopic (exact) mass is 484 g/mol. The Balaban J connectivity index is 1.48. The minimum Gasteiger partial charge on any atom is -0.497 e. The molecule has 1 aromatic heterocycles. The molecular formula is C24H32N6O3S. The van der Waals surface area contributed by atoms with Crippen LogP contribution in [0.2, 0.25) is 0 Å². The normalized spacial score (nSPS) is 15.9. The summed E-state index contributed by atoms with van der Waals surface area (Å²) in [5, 5.41) is 12.2. The summed E-state index contributed by atoms with van der Waals surface area (Å²) in [6, 6.07) is 14.9. The van der Waals surface area contributed by atoms with Crippen LogP contribution in [0.25, 0.3) is 0 Å². The molecule has 0 radical (unpaired) electrons. The van der Waals surface area contributed by atoms with Gasteiger partial charge in [0, 0.05) is 31.9 Å².